The molecule has 22 heavy (non-hydrogen) atoms. The van der Waals surface area contributed by atoms with Crippen LogP contribution in [0, 0.1) is 0 Å². The van der Waals surface area contributed by atoms with Crippen molar-refractivity contribution in [1.29, 1.82) is 0 Å². The Hall–Kier alpha value is 0.625. The lowest BCUT2D eigenvalue weighted by Crippen LogP contribution is -2.46. The Kier molecular flexibility index (Phi) is 6.25. The van der Waals surface area contributed by atoms with Gasteiger partial charge in [-0.15, -0.1) is 0 Å². The van der Waals surface area contributed by atoms with Crippen LogP contribution in [-0.2, 0) is 0 Å². The molecule has 0 aromatic rings. The van der Waals surface area contributed by atoms with Crippen molar-refractivity contribution >= 4 is 21.7 Å². The average molecular weight is 339 g/mol. The Balaban J connectivity index is 2.26. The third-order valence-corrected chi connectivity index (χ3v) is 16.1. The third kappa shape index (κ3) is 4.37. The van der Waals surface area contributed by atoms with Crippen molar-refractivity contribution in [3.63, 3.8) is 0 Å². The van der Waals surface area contributed by atoms with Gasteiger partial charge in [-0.2, -0.15) is 0 Å². The zero-order valence-electron chi connectivity index (χ0n) is 15.9. The lowest BCUT2D eigenvalue weighted by atomic mass is 9.79. The molecule has 0 N–H and O–H groups in total. The fourth-order valence-corrected chi connectivity index (χ4v) is 14.5. The summed E-state index contributed by atoms with van der Waals surface area (Å²) in [6.45, 7) is 15.7. The molecular weight excluding hydrogens is 303 g/mol. The van der Waals surface area contributed by atoms with Crippen LogP contribution in [0.3, 0.4) is 0 Å². The van der Waals surface area contributed by atoms with Crippen molar-refractivity contribution in [2.75, 3.05) is 7.05 Å². The van der Waals surface area contributed by atoms with Gasteiger partial charge < -0.3 is 4.81 Å². The Labute approximate surface area is 142 Å². The minimum atomic E-state index is -0.0145. The molecule has 0 bridgehead atoms. The standard InChI is InChI=1S/C18H36BNP2/c1-17(2,3)21-15-11-14-19(22(21)18(4,5)6)20(7)16-12-9-8-10-13-16/h11,15-16H,8-10,12-14H2,1-7H3. The van der Waals surface area contributed by atoms with Crippen LogP contribution in [0.2, 0.25) is 6.32 Å². The summed E-state index contributed by atoms with van der Waals surface area (Å²) in [5, 5.41) is 0.892. The number of rotatable bonds is 2. The fraction of sp³-hybridized carbons (Fsp3) is 0.889. The van der Waals surface area contributed by atoms with Crippen LogP contribution in [0.1, 0.15) is 73.6 Å². The molecule has 2 rings (SSSR count). The molecule has 0 radical (unpaired) electrons. The van der Waals surface area contributed by atoms with Crippen LogP contribution >= 0.6 is 15.1 Å². The monoisotopic (exact) mass is 339 g/mol. The maximum absolute atomic E-state index is 2.82. The predicted octanol–water partition coefficient (Wildman–Crippen LogP) is 6.74. The minimum absolute atomic E-state index is 0.0120. The van der Waals surface area contributed by atoms with Gasteiger partial charge in [0.1, 0.15) is 0 Å². The summed E-state index contributed by atoms with van der Waals surface area (Å²) in [4.78, 5) is 2.82. The second-order valence-corrected chi connectivity index (χ2v) is 16.6. The van der Waals surface area contributed by atoms with Crippen molar-refractivity contribution in [3.8, 4) is 0 Å². The molecule has 2 unspecified atom stereocenters. The van der Waals surface area contributed by atoms with Gasteiger partial charge in [0.25, 0.3) is 6.57 Å². The van der Waals surface area contributed by atoms with Crippen LogP contribution in [0.15, 0.2) is 11.9 Å². The largest absolute Gasteiger partial charge is 0.338 e. The molecule has 1 aliphatic carbocycles. The van der Waals surface area contributed by atoms with Gasteiger partial charge in [0.05, 0.1) is 0 Å². The molecule has 1 aliphatic heterocycles. The first kappa shape index (κ1) is 19.0. The number of hydrogen-bond donors (Lipinski definition) is 0. The van der Waals surface area contributed by atoms with Gasteiger partial charge >= 0.3 is 0 Å². The van der Waals surface area contributed by atoms with E-state index in [-0.39, 0.29) is 15.1 Å². The molecule has 0 amide bonds. The molecule has 0 spiro atoms. The van der Waals surface area contributed by atoms with E-state index in [9.17, 15) is 0 Å². The molecule has 4 heteroatoms. The smallest absolute Gasteiger partial charge is 0.262 e. The normalized spacial score (nSPS) is 28.5. The number of hydrogen-bond acceptors (Lipinski definition) is 1. The molecular formula is C18H36BNP2. The van der Waals surface area contributed by atoms with E-state index in [1.165, 1.54) is 38.4 Å². The quantitative estimate of drug-likeness (QED) is 0.398. The predicted molar refractivity (Wildman–Crippen MR) is 108 cm³/mol. The topological polar surface area (TPSA) is 3.24 Å². The summed E-state index contributed by atoms with van der Waals surface area (Å²) in [5.41, 5.74) is 0. The van der Waals surface area contributed by atoms with Gasteiger partial charge in [0, 0.05) is 0 Å². The lowest BCUT2D eigenvalue weighted by molar-refractivity contribution is 0.289. The first-order valence-corrected chi connectivity index (χ1v) is 12.6. The summed E-state index contributed by atoms with van der Waals surface area (Å²) in [6, 6.07) is 0.842. The van der Waals surface area contributed by atoms with Crippen LogP contribution < -0.4 is 0 Å². The first-order chi connectivity index (χ1) is 10.1. The molecule has 0 aromatic carbocycles. The van der Waals surface area contributed by atoms with E-state index in [0.717, 1.165) is 12.6 Å². The highest BCUT2D eigenvalue weighted by Crippen LogP contribution is 2.83. The van der Waals surface area contributed by atoms with Crippen LogP contribution in [-0.4, -0.2) is 34.8 Å². The Morgan fingerprint density at radius 3 is 2.05 bits per heavy atom. The molecule has 126 valence electrons. The van der Waals surface area contributed by atoms with Gasteiger partial charge in [-0.3, -0.25) is 0 Å². The molecule has 1 saturated carbocycles. The van der Waals surface area contributed by atoms with Gasteiger partial charge in [-0.25, -0.2) is 0 Å². The van der Waals surface area contributed by atoms with E-state index in [1.54, 1.807) is 0 Å². The van der Waals surface area contributed by atoms with Crippen molar-refractivity contribution in [2.45, 2.75) is 96.3 Å². The Bertz CT molecular complexity index is 391. The second kappa shape index (κ2) is 7.25. The van der Waals surface area contributed by atoms with Crippen molar-refractivity contribution in [1.82, 2.24) is 4.81 Å². The van der Waals surface area contributed by atoms with E-state index < -0.39 is 0 Å². The fourth-order valence-electron chi connectivity index (χ4n) is 3.99. The molecule has 1 fully saturated rings. The third-order valence-electron chi connectivity index (χ3n) is 5.10. The van der Waals surface area contributed by atoms with Gasteiger partial charge in [0.2, 0.25) is 0 Å². The highest BCUT2D eigenvalue weighted by Gasteiger charge is 2.47. The summed E-state index contributed by atoms with van der Waals surface area (Å²) in [7, 11) is 2.44. The zero-order valence-corrected chi connectivity index (χ0v) is 17.7. The molecule has 0 aromatic heterocycles. The zero-order chi connectivity index (χ0) is 16.5. The molecule has 1 heterocycles. The average Bonchev–Trinajstić information content (AvgIpc) is 2.45. The summed E-state index contributed by atoms with van der Waals surface area (Å²) in [5.74, 6) is 2.62. The van der Waals surface area contributed by atoms with Crippen molar-refractivity contribution in [3.05, 3.63) is 11.9 Å². The highest BCUT2D eigenvalue weighted by molar-refractivity contribution is 8.44. The van der Waals surface area contributed by atoms with E-state index in [4.69, 9.17) is 0 Å². The number of allylic oxidation sites excluding steroid dienone is 1. The SMILES string of the molecule is CN(B1CC=CP(C(C)(C)C)P1C(C)(C)C)C1CCCCC1. The molecule has 2 atom stereocenters. The van der Waals surface area contributed by atoms with E-state index in [1.807, 2.05) is 0 Å². The number of nitrogens with zero attached hydrogens (tertiary/aromatic N) is 1. The second-order valence-electron chi connectivity index (χ2n) is 9.09. The summed E-state index contributed by atoms with van der Waals surface area (Å²) in [6.07, 6.45) is 11.0. The molecule has 0 saturated heterocycles. The van der Waals surface area contributed by atoms with Crippen molar-refractivity contribution in [2.24, 2.45) is 0 Å². The van der Waals surface area contributed by atoms with E-state index in [2.05, 4.69) is 65.3 Å². The van der Waals surface area contributed by atoms with Crippen LogP contribution in [0.4, 0.5) is 0 Å². The molecule has 1 nitrogen and oxygen atoms in total. The highest BCUT2D eigenvalue weighted by atomic mass is 32.1. The molecule has 2 aliphatic rings. The van der Waals surface area contributed by atoms with Crippen LogP contribution in [0.25, 0.3) is 0 Å². The van der Waals surface area contributed by atoms with Gasteiger partial charge in [0.15, 0.2) is 0 Å². The van der Waals surface area contributed by atoms with Gasteiger partial charge in [-0.05, 0) is 42.6 Å². The lowest BCUT2D eigenvalue weighted by Gasteiger charge is -2.51. The maximum Gasteiger partial charge on any atom is 0.262 e. The maximum atomic E-state index is 2.82. The van der Waals surface area contributed by atoms with Crippen molar-refractivity contribution < 1.29 is 0 Å². The van der Waals surface area contributed by atoms with Gasteiger partial charge in [-0.1, -0.05) is 87.8 Å². The Morgan fingerprint density at radius 1 is 0.955 bits per heavy atom. The van der Waals surface area contributed by atoms with E-state index >= 15 is 0 Å². The van der Waals surface area contributed by atoms with E-state index in [0.29, 0.717) is 10.3 Å². The summed E-state index contributed by atoms with van der Waals surface area (Å²) < 4.78 is 0. The first-order valence-electron chi connectivity index (χ1n) is 9.09. The summed E-state index contributed by atoms with van der Waals surface area (Å²) >= 11 is 0. The Morgan fingerprint density at radius 2 is 1.55 bits per heavy atom. The van der Waals surface area contributed by atoms with Crippen LogP contribution in [0.5, 0.6) is 0 Å². The minimum Gasteiger partial charge on any atom is -0.338 e.